The normalized spacial score (nSPS) is 11.3. The van der Waals surface area contributed by atoms with Gasteiger partial charge in [-0.1, -0.05) is 0 Å². The molecule has 0 amide bonds. The Balaban J connectivity index is 2.21. The molecule has 0 fully saturated rings. The maximum Gasteiger partial charge on any atom is 0.232 e. The molecule has 2 rings (SSSR count). The highest BCUT2D eigenvalue weighted by atomic mass is 32.2. The fourth-order valence-electron chi connectivity index (χ4n) is 1.69. The Hall–Kier alpha value is -1.66. The van der Waals surface area contributed by atoms with Gasteiger partial charge in [0.15, 0.2) is 5.78 Å². The Morgan fingerprint density at radius 1 is 1.20 bits per heavy atom. The van der Waals surface area contributed by atoms with Crippen molar-refractivity contribution in [3.05, 3.63) is 51.7 Å². The maximum absolute atomic E-state index is 12.2. The van der Waals surface area contributed by atoms with Gasteiger partial charge in [-0.2, -0.15) is 11.3 Å². The van der Waals surface area contributed by atoms with Crippen molar-refractivity contribution in [1.82, 2.24) is 0 Å². The summed E-state index contributed by atoms with van der Waals surface area (Å²) in [5.41, 5.74) is 2.66. The molecule has 1 aromatic heterocycles. The molecule has 6 heteroatoms. The second kappa shape index (κ2) is 5.76. The van der Waals surface area contributed by atoms with Crippen LogP contribution in [0.1, 0.15) is 28.4 Å². The Morgan fingerprint density at radius 3 is 2.35 bits per heavy atom. The second-order valence-corrected chi connectivity index (χ2v) is 7.13. The van der Waals surface area contributed by atoms with Crippen molar-refractivity contribution < 1.29 is 13.2 Å². The van der Waals surface area contributed by atoms with Crippen LogP contribution in [-0.4, -0.2) is 20.0 Å². The summed E-state index contributed by atoms with van der Waals surface area (Å²) in [6, 6.07) is 6.46. The van der Waals surface area contributed by atoms with E-state index < -0.39 is 10.0 Å². The van der Waals surface area contributed by atoms with Crippen molar-refractivity contribution in [3.63, 3.8) is 0 Å². The number of hydrogen-bond donors (Lipinski definition) is 1. The van der Waals surface area contributed by atoms with E-state index in [2.05, 4.69) is 4.72 Å². The van der Waals surface area contributed by atoms with Crippen LogP contribution in [0.25, 0.3) is 0 Å². The minimum absolute atomic E-state index is 0.0157. The van der Waals surface area contributed by atoms with Gasteiger partial charge in [0.05, 0.1) is 5.75 Å². The Morgan fingerprint density at radius 2 is 1.85 bits per heavy atom. The summed E-state index contributed by atoms with van der Waals surface area (Å²) in [6.45, 7) is 3.47. The lowest BCUT2D eigenvalue weighted by Crippen LogP contribution is -2.14. The molecule has 0 saturated carbocycles. The lowest BCUT2D eigenvalue weighted by Gasteiger charge is -2.06. The first-order valence-corrected chi connectivity index (χ1v) is 8.70. The van der Waals surface area contributed by atoms with E-state index in [1.165, 1.54) is 11.3 Å². The number of carbonyl (C=O) groups is 1. The molecule has 0 aliphatic rings. The highest BCUT2D eigenvalue weighted by Crippen LogP contribution is 2.19. The zero-order valence-corrected chi connectivity index (χ0v) is 12.8. The molecular weight excluding hydrogens is 294 g/mol. The second-order valence-electron chi connectivity index (χ2n) is 4.38. The van der Waals surface area contributed by atoms with E-state index >= 15 is 0 Å². The fourth-order valence-corrected chi connectivity index (χ4v) is 3.16. The largest absolute Gasteiger partial charge is 0.289 e. The molecule has 1 N–H and O–H groups in total. The average Bonchev–Trinajstić information content (AvgIpc) is 2.85. The molecule has 2 aromatic rings. The number of hydrogen-bond acceptors (Lipinski definition) is 4. The van der Waals surface area contributed by atoms with E-state index in [1.54, 1.807) is 31.2 Å². The van der Waals surface area contributed by atoms with Gasteiger partial charge in [0, 0.05) is 22.2 Å². The van der Waals surface area contributed by atoms with Crippen molar-refractivity contribution in [2.75, 3.05) is 10.5 Å². The highest BCUT2D eigenvalue weighted by molar-refractivity contribution is 7.92. The third-order valence-electron chi connectivity index (χ3n) is 2.90. The van der Waals surface area contributed by atoms with Gasteiger partial charge < -0.3 is 0 Å². The third kappa shape index (κ3) is 3.26. The summed E-state index contributed by atoms with van der Waals surface area (Å²) < 4.78 is 25.3. The van der Waals surface area contributed by atoms with E-state index in [9.17, 15) is 13.2 Å². The molecule has 4 nitrogen and oxygen atoms in total. The van der Waals surface area contributed by atoms with Crippen LogP contribution in [0.2, 0.25) is 0 Å². The van der Waals surface area contributed by atoms with E-state index in [0.29, 0.717) is 16.8 Å². The zero-order chi connectivity index (χ0) is 14.8. The molecule has 0 aliphatic carbocycles. The lowest BCUT2D eigenvalue weighted by atomic mass is 10.0. The van der Waals surface area contributed by atoms with Crippen LogP contribution < -0.4 is 4.72 Å². The van der Waals surface area contributed by atoms with Crippen LogP contribution >= 0.6 is 11.3 Å². The lowest BCUT2D eigenvalue weighted by molar-refractivity contribution is 0.103. The van der Waals surface area contributed by atoms with Crippen LogP contribution in [0, 0.1) is 6.92 Å². The molecule has 1 aromatic carbocycles. The first kappa shape index (κ1) is 14.7. The summed E-state index contributed by atoms with van der Waals surface area (Å²) in [4.78, 5) is 12.2. The van der Waals surface area contributed by atoms with Crippen LogP contribution in [0.3, 0.4) is 0 Å². The van der Waals surface area contributed by atoms with Crippen LogP contribution in [0.5, 0.6) is 0 Å². The van der Waals surface area contributed by atoms with Crippen molar-refractivity contribution in [2.24, 2.45) is 0 Å². The molecule has 0 saturated heterocycles. The number of nitrogens with one attached hydrogen (secondary N) is 1. The summed E-state index contributed by atoms with van der Waals surface area (Å²) in [5.74, 6) is -0.0319. The van der Waals surface area contributed by atoms with Gasteiger partial charge in [-0.05, 0) is 49.1 Å². The van der Waals surface area contributed by atoms with Gasteiger partial charge in [-0.3, -0.25) is 9.52 Å². The van der Waals surface area contributed by atoms with Gasteiger partial charge >= 0.3 is 0 Å². The summed E-state index contributed by atoms with van der Waals surface area (Å²) in [5, 5.41) is 3.75. The van der Waals surface area contributed by atoms with E-state index in [0.717, 1.165) is 5.56 Å². The van der Waals surface area contributed by atoms with Gasteiger partial charge in [0.25, 0.3) is 0 Å². The molecule has 1 heterocycles. The van der Waals surface area contributed by atoms with Gasteiger partial charge in [0.2, 0.25) is 10.0 Å². The quantitative estimate of drug-likeness (QED) is 0.863. The Labute approximate surface area is 122 Å². The van der Waals surface area contributed by atoms with Crippen LogP contribution in [-0.2, 0) is 10.0 Å². The van der Waals surface area contributed by atoms with Gasteiger partial charge in [0.1, 0.15) is 0 Å². The first-order chi connectivity index (χ1) is 9.43. The first-order valence-electron chi connectivity index (χ1n) is 6.11. The fraction of sp³-hybridized carbons (Fsp3) is 0.214. The molecule has 0 bridgehead atoms. The molecule has 0 aliphatic heterocycles. The highest BCUT2D eigenvalue weighted by Gasteiger charge is 2.13. The number of rotatable bonds is 5. The van der Waals surface area contributed by atoms with Gasteiger partial charge in [-0.25, -0.2) is 8.42 Å². The minimum atomic E-state index is -3.29. The molecule has 0 unspecified atom stereocenters. The Bertz CT molecular complexity index is 715. The van der Waals surface area contributed by atoms with Crippen molar-refractivity contribution in [2.45, 2.75) is 13.8 Å². The third-order valence-corrected chi connectivity index (χ3v) is 5.07. The number of aryl methyl sites for hydroxylation is 1. The molecule has 106 valence electrons. The van der Waals surface area contributed by atoms with Crippen molar-refractivity contribution in [1.29, 1.82) is 0 Å². The number of anilines is 1. The number of ketones is 1. The summed E-state index contributed by atoms with van der Waals surface area (Å²) in [6.07, 6.45) is 0. The SMILES string of the molecule is CCS(=O)(=O)Nc1ccc(C(=O)c2cscc2C)cc1. The molecule has 0 atom stereocenters. The van der Waals surface area contributed by atoms with E-state index in [4.69, 9.17) is 0 Å². The number of thiophene rings is 1. The smallest absolute Gasteiger partial charge is 0.232 e. The summed E-state index contributed by atoms with van der Waals surface area (Å²) in [7, 11) is -3.29. The van der Waals surface area contributed by atoms with E-state index in [-0.39, 0.29) is 11.5 Å². The predicted molar refractivity (Wildman–Crippen MR) is 82.0 cm³/mol. The standard InChI is InChI=1S/C14H15NO3S2/c1-3-20(17,18)15-12-6-4-11(5-7-12)14(16)13-9-19-8-10(13)2/h4-9,15H,3H2,1-2H3. The van der Waals surface area contributed by atoms with Crippen LogP contribution in [0.4, 0.5) is 5.69 Å². The van der Waals surface area contributed by atoms with Crippen LogP contribution in [0.15, 0.2) is 35.0 Å². The van der Waals surface area contributed by atoms with E-state index in [1.807, 2.05) is 17.7 Å². The van der Waals surface area contributed by atoms with Gasteiger partial charge in [-0.15, -0.1) is 0 Å². The predicted octanol–water partition coefficient (Wildman–Crippen LogP) is 3.05. The zero-order valence-electron chi connectivity index (χ0n) is 11.2. The number of sulfonamides is 1. The average molecular weight is 309 g/mol. The molecule has 0 radical (unpaired) electrons. The summed E-state index contributed by atoms with van der Waals surface area (Å²) >= 11 is 1.49. The monoisotopic (exact) mass is 309 g/mol. The topological polar surface area (TPSA) is 63.2 Å². The Kier molecular flexibility index (Phi) is 4.25. The molecule has 0 spiro atoms. The number of benzene rings is 1. The number of carbonyl (C=O) groups excluding carboxylic acids is 1. The molecular formula is C14H15NO3S2. The molecule has 20 heavy (non-hydrogen) atoms. The maximum atomic E-state index is 12.2. The minimum Gasteiger partial charge on any atom is -0.289 e. The van der Waals surface area contributed by atoms with Crippen molar-refractivity contribution in [3.8, 4) is 0 Å². The van der Waals surface area contributed by atoms with Crippen molar-refractivity contribution >= 4 is 32.8 Å².